The molecule has 2 aromatic heterocycles. The Morgan fingerprint density at radius 3 is 3.18 bits per heavy atom. The smallest absolute Gasteiger partial charge is 0.271 e. The van der Waals surface area contributed by atoms with Crippen molar-refractivity contribution in [3.05, 3.63) is 36.4 Å². The van der Waals surface area contributed by atoms with E-state index >= 15 is 0 Å². The summed E-state index contributed by atoms with van der Waals surface area (Å²) < 4.78 is 1.78. The minimum absolute atomic E-state index is 0.213. The fraction of sp³-hybridized carbons (Fsp3) is 0.300. The molecular formula is C10H14N6O. The van der Waals surface area contributed by atoms with Crippen LogP contribution in [0, 0.1) is 0 Å². The molecule has 1 amide bonds. The van der Waals surface area contributed by atoms with Gasteiger partial charge in [-0.3, -0.25) is 4.79 Å². The van der Waals surface area contributed by atoms with E-state index in [1.807, 2.05) is 0 Å². The van der Waals surface area contributed by atoms with Gasteiger partial charge in [-0.1, -0.05) is 0 Å². The molecule has 0 unspecified atom stereocenters. The number of carbonyl (C=O) groups excluding carboxylic acids is 1. The van der Waals surface area contributed by atoms with Crippen molar-refractivity contribution in [2.24, 2.45) is 5.73 Å². The van der Waals surface area contributed by atoms with Crippen LogP contribution in [-0.2, 0) is 13.1 Å². The Hall–Kier alpha value is -2.15. The Bertz CT molecular complexity index is 475. The molecule has 7 nitrogen and oxygen atoms in total. The van der Waals surface area contributed by atoms with Crippen LogP contribution in [0.4, 0.5) is 0 Å². The average molecular weight is 234 g/mol. The first-order valence-electron chi connectivity index (χ1n) is 5.27. The van der Waals surface area contributed by atoms with Crippen LogP contribution in [0.1, 0.15) is 16.2 Å². The van der Waals surface area contributed by atoms with Crippen LogP contribution in [-0.4, -0.2) is 32.0 Å². The second kappa shape index (κ2) is 5.26. The first kappa shape index (κ1) is 11.3. The molecule has 0 atom stereocenters. The summed E-state index contributed by atoms with van der Waals surface area (Å²) in [6.45, 7) is 1.58. The maximum atomic E-state index is 11.7. The predicted molar refractivity (Wildman–Crippen MR) is 61.0 cm³/mol. The maximum absolute atomic E-state index is 11.7. The normalized spacial score (nSPS) is 10.4. The number of aromatic amines is 1. The van der Waals surface area contributed by atoms with E-state index in [1.165, 1.54) is 0 Å². The third-order valence-corrected chi connectivity index (χ3v) is 2.25. The molecule has 0 saturated heterocycles. The molecule has 0 saturated carbocycles. The number of imidazole rings is 2. The molecule has 90 valence electrons. The van der Waals surface area contributed by atoms with Gasteiger partial charge in [-0.05, 0) is 0 Å². The SMILES string of the molecule is NCCn1cnc(C(=O)NCc2cnc[nH]2)c1. The predicted octanol–water partition coefficient (Wildman–Crippen LogP) is -0.505. The Balaban J connectivity index is 1.90. The lowest BCUT2D eigenvalue weighted by Gasteiger charge is -2.00. The number of rotatable bonds is 5. The van der Waals surface area contributed by atoms with Crippen molar-refractivity contribution in [3.63, 3.8) is 0 Å². The molecular weight excluding hydrogens is 220 g/mol. The molecule has 0 aromatic carbocycles. The van der Waals surface area contributed by atoms with E-state index in [1.54, 1.807) is 29.6 Å². The fourth-order valence-corrected chi connectivity index (χ4v) is 1.40. The summed E-state index contributed by atoms with van der Waals surface area (Å²) in [5.74, 6) is -0.213. The van der Waals surface area contributed by atoms with Crippen LogP contribution in [0.3, 0.4) is 0 Å². The summed E-state index contributed by atoms with van der Waals surface area (Å²) in [5, 5.41) is 2.74. The van der Waals surface area contributed by atoms with Gasteiger partial charge in [0.15, 0.2) is 0 Å². The van der Waals surface area contributed by atoms with E-state index in [-0.39, 0.29) is 5.91 Å². The summed E-state index contributed by atoms with van der Waals surface area (Å²) in [6, 6.07) is 0. The number of hydrogen-bond donors (Lipinski definition) is 3. The maximum Gasteiger partial charge on any atom is 0.271 e. The second-order valence-electron chi connectivity index (χ2n) is 3.54. The summed E-state index contributed by atoms with van der Waals surface area (Å²) >= 11 is 0. The summed E-state index contributed by atoms with van der Waals surface area (Å²) in [4.78, 5) is 22.5. The molecule has 0 spiro atoms. The minimum atomic E-state index is -0.213. The van der Waals surface area contributed by atoms with E-state index in [0.717, 1.165) is 5.69 Å². The van der Waals surface area contributed by atoms with Gasteiger partial charge in [0, 0.05) is 25.5 Å². The molecule has 2 rings (SSSR count). The summed E-state index contributed by atoms with van der Waals surface area (Å²) in [7, 11) is 0. The number of carbonyl (C=O) groups is 1. The lowest BCUT2D eigenvalue weighted by molar-refractivity contribution is 0.0946. The van der Waals surface area contributed by atoms with Gasteiger partial charge in [-0.25, -0.2) is 9.97 Å². The van der Waals surface area contributed by atoms with Gasteiger partial charge < -0.3 is 20.6 Å². The molecule has 0 bridgehead atoms. The molecule has 0 aliphatic carbocycles. The quantitative estimate of drug-likeness (QED) is 0.648. The van der Waals surface area contributed by atoms with Crippen molar-refractivity contribution in [1.82, 2.24) is 24.8 Å². The van der Waals surface area contributed by atoms with Gasteiger partial charge in [0.25, 0.3) is 5.91 Å². The number of hydrogen-bond acceptors (Lipinski definition) is 4. The van der Waals surface area contributed by atoms with E-state index in [9.17, 15) is 4.79 Å². The van der Waals surface area contributed by atoms with Gasteiger partial charge in [-0.2, -0.15) is 0 Å². The molecule has 0 aliphatic rings. The molecule has 0 aliphatic heterocycles. The number of nitrogens with two attached hydrogens (primary N) is 1. The first-order chi connectivity index (χ1) is 8.29. The highest BCUT2D eigenvalue weighted by Gasteiger charge is 2.08. The average Bonchev–Trinajstić information content (AvgIpc) is 2.97. The molecule has 4 N–H and O–H groups in total. The van der Waals surface area contributed by atoms with Crippen molar-refractivity contribution < 1.29 is 4.79 Å². The number of nitrogens with one attached hydrogen (secondary N) is 2. The van der Waals surface area contributed by atoms with Crippen LogP contribution < -0.4 is 11.1 Å². The van der Waals surface area contributed by atoms with Crippen LogP contribution in [0.25, 0.3) is 0 Å². The van der Waals surface area contributed by atoms with E-state index in [4.69, 9.17) is 5.73 Å². The number of H-pyrrole nitrogens is 1. The van der Waals surface area contributed by atoms with Crippen LogP contribution in [0.2, 0.25) is 0 Å². The van der Waals surface area contributed by atoms with Gasteiger partial charge in [-0.15, -0.1) is 0 Å². The van der Waals surface area contributed by atoms with Gasteiger partial charge in [0.2, 0.25) is 0 Å². The molecule has 2 aromatic rings. The Morgan fingerprint density at radius 1 is 1.59 bits per heavy atom. The summed E-state index contributed by atoms with van der Waals surface area (Å²) in [5.41, 5.74) is 6.64. The van der Waals surface area contributed by atoms with Crippen molar-refractivity contribution >= 4 is 5.91 Å². The Kier molecular flexibility index (Phi) is 3.51. The zero-order valence-corrected chi connectivity index (χ0v) is 9.26. The third-order valence-electron chi connectivity index (χ3n) is 2.25. The Labute approximate surface area is 98.1 Å². The topological polar surface area (TPSA) is 102 Å². The zero-order valence-electron chi connectivity index (χ0n) is 9.26. The highest BCUT2D eigenvalue weighted by atomic mass is 16.1. The lowest BCUT2D eigenvalue weighted by atomic mass is 10.4. The molecule has 17 heavy (non-hydrogen) atoms. The van der Waals surface area contributed by atoms with E-state index in [2.05, 4.69) is 20.3 Å². The van der Waals surface area contributed by atoms with Gasteiger partial charge >= 0.3 is 0 Å². The van der Waals surface area contributed by atoms with Crippen molar-refractivity contribution in [2.75, 3.05) is 6.54 Å². The molecule has 0 fully saturated rings. The van der Waals surface area contributed by atoms with Crippen molar-refractivity contribution in [2.45, 2.75) is 13.1 Å². The lowest BCUT2D eigenvalue weighted by Crippen LogP contribution is -2.23. The molecule has 0 radical (unpaired) electrons. The monoisotopic (exact) mass is 234 g/mol. The van der Waals surface area contributed by atoms with Crippen molar-refractivity contribution in [3.8, 4) is 0 Å². The Morgan fingerprint density at radius 2 is 2.47 bits per heavy atom. The first-order valence-corrected chi connectivity index (χ1v) is 5.27. The highest BCUT2D eigenvalue weighted by Crippen LogP contribution is 1.97. The second-order valence-corrected chi connectivity index (χ2v) is 3.54. The summed E-state index contributed by atoms with van der Waals surface area (Å²) in [6.07, 6.45) is 6.50. The van der Waals surface area contributed by atoms with Crippen LogP contribution >= 0.6 is 0 Å². The largest absolute Gasteiger partial charge is 0.347 e. The standard InChI is InChI=1S/C10H14N6O/c11-1-2-16-5-9(15-7-16)10(17)13-4-8-3-12-6-14-8/h3,5-7H,1-2,4,11H2,(H,12,14)(H,13,17). The minimum Gasteiger partial charge on any atom is -0.347 e. The van der Waals surface area contributed by atoms with Gasteiger partial charge in [0.1, 0.15) is 5.69 Å². The van der Waals surface area contributed by atoms with Crippen molar-refractivity contribution in [1.29, 1.82) is 0 Å². The number of nitrogens with zero attached hydrogens (tertiary/aromatic N) is 3. The third kappa shape index (κ3) is 2.91. The number of amides is 1. The van der Waals surface area contributed by atoms with E-state index < -0.39 is 0 Å². The van der Waals surface area contributed by atoms with Crippen LogP contribution in [0.5, 0.6) is 0 Å². The van der Waals surface area contributed by atoms with Crippen LogP contribution in [0.15, 0.2) is 25.0 Å². The highest BCUT2D eigenvalue weighted by molar-refractivity contribution is 5.91. The molecule has 7 heteroatoms. The molecule has 2 heterocycles. The number of aromatic nitrogens is 4. The fourth-order valence-electron chi connectivity index (χ4n) is 1.40. The van der Waals surface area contributed by atoms with E-state index in [0.29, 0.717) is 25.3 Å². The van der Waals surface area contributed by atoms with Gasteiger partial charge in [0.05, 0.1) is 24.9 Å². The zero-order chi connectivity index (χ0) is 12.1.